The van der Waals surface area contributed by atoms with Gasteiger partial charge in [0.15, 0.2) is 6.10 Å². The molecule has 7 heteroatoms. The number of fused-ring (bicyclic) bond motifs is 1. The first-order valence-corrected chi connectivity index (χ1v) is 9.87. The van der Waals surface area contributed by atoms with Gasteiger partial charge in [-0.2, -0.15) is 5.26 Å². The van der Waals surface area contributed by atoms with Crippen LogP contribution in [0.15, 0.2) is 79.1 Å². The third-order valence-corrected chi connectivity index (χ3v) is 4.82. The number of ether oxygens (including phenoxy) is 1. The first-order valence-electron chi connectivity index (χ1n) is 9.87. The molecule has 0 saturated carbocycles. The summed E-state index contributed by atoms with van der Waals surface area (Å²) in [5.41, 5.74) is 3.23. The second kappa shape index (κ2) is 9.06. The molecule has 2 aromatic carbocycles. The standard InChI is InChI=1S/C25H18N4O3/c1-16(24(30)28-19-6-4-5-17(13-19)15-26)32-25(31)21-14-23(18-9-11-27-12-10-18)29-22-8-3-2-7-20(21)22/h2-14,16H,1H3,(H,28,30)/t16-/m0/s1. The molecular weight excluding hydrogens is 404 g/mol. The lowest BCUT2D eigenvalue weighted by Crippen LogP contribution is -2.30. The van der Waals surface area contributed by atoms with Gasteiger partial charge in [0.05, 0.1) is 28.4 Å². The van der Waals surface area contributed by atoms with Crippen molar-refractivity contribution in [3.63, 3.8) is 0 Å². The Bertz CT molecular complexity index is 1350. The quantitative estimate of drug-likeness (QED) is 0.479. The average molecular weight is 422 g/mol. The van der Waals surface area contributed by atoms with Crippen molar-refractivity contribution >= 4 is 28.5 Å². The van der Waals surface area contributed by atoms with E-state index in [9.17, 15) is 9.59 Å². The van der Waals surface area contributed by atoms with E-state index in [2.05, 4.69) is 15.3 Å². The molecule has 0 aliphatic carbocycles. The van der Waals surface area contributed by atoms with Gasteiger partial charge < -0.3 is 10.1 Å². The van der Waals surface area contributed by atoms with Crippen molar-refractivity contribution in [3.8, 4) is 17.3 Å². The summed E-state index contributed by atoms with van der Waals surface area (Å²) in [4.78, 5) is 34.2. The molecule has 7 nitrogen and oxygen atoms in total. The van der Waals surface area contributed by atoms with Crippen molar-refractivity contribution in [1.82, 2.24) is 9.97 Å². The fourth-order valence-electron chi connectivity index (χ4n) is 3.20. The van der Waals surface area contributed by atoms with Gasteiger partial charge in [-0.15, -0.1) is 0 Å². The zero-order chi connectivity index (χ0) is 22.5. The van der Waals surface area contributed by atoms with E-state index in [1.165, 1.54) is 6.92 Å². The first-order chi connectivity index (χ1) is 15.5. The molecule has 1 atom stereocenters. The van der Waals surface area contributed by atoms with Crippen LogP contribution < -0.4 is 5.32 Å². The van der Waals surface area contributed by atoms with E-state index in [-0.39, 0.29) is 0 Å². The molecule has 0 unspecified atom stereocenters. The summed E-state index contributed by atoms with van der Waals surface area (Å²) in [6.45, 7) is 1.49. The summed E-state index contributed by atoms with van der Waals surface area (Å²) in [7, 11) is 0. The lowest BCUT2D eigenvalue weighted by molar-refractivity contribution is -0.123. The highest BCUT2D eigenvalue weighted by Crippen LogP contribution is 2.25. The normalized spacial score (nSPS) is 11.4. The molecule has 0 saturated heterocycles. The van der Waals surface area contributed by atoms with Gasteiger partial charge >= 0.3 is 5.97 Å². The molecule has 1 amide bonds. The van der Waals surface area contributed by atoms with Crippen LogP contribution in [0.4, 0.5) is 5.69 Å². The minimum Gasteiger partial charge on any atom is -0.449 e. The maximum absolute atomic E-state index is 13.0. The van der Waals surface area contributed by atoms with Crippen molar-refractivity contribution in [2.24, 2.45) is 0 Å². The Hall–Kier alpha value is -4.57. The van der Waals surface area contributed by atoms with E-state index in [1.807, 2.05) is 24.3 Å². The number of nitrogens with one attached hydrogen (secondary N) is 1. The number of rotatable bonds is 5. The molecule has 2 heterocycles. The number of amides is 1. The number of para-hydroxylation sites is 1. The fraction of sp³-hybridized carbons (Fsp3) is 0.0800. The van der Waals surface area contributed by atoms with E-state index in [1.54, 1.807) is 60.9 Å². The Kier molecular flexibility index (Phi) is 5.86. The van der Waals surface area contributed by atoms with Crippen molar-refractivity contribution < 1.29 is 14.3 Å². The molecule has 0 spiro atoms. The lowest BCUT2D eigenvalue weighted by Gasteiger charge is -2.15. The molecule has 32 heavy (non-hydrogen) atoms. The number of benzene rings is 2. The number of pyridine rings is 2. The largest absolute Gasteiger partial charge is 0.449 e. The van der Waals surface area contributed by atoms with E-state index in [0.29, 0.717) is 33.4 Å². The monoisotopic (exact) mass is 422 g/mol. The second-order valence-electron chi connectivity index (χ2n) is 7.04. The van der Waals surface area contributed by atoms with Gasteiger partial charge in [-0.25, -0.2) is 9.78 Å². The number of anilines is 1. The van der Waals surface area contributed by atoms with Crippen LogP contribution in [-0.4, -0.2) is 27.9 Å². The summed E-state index contributed by atoms with van der Waals surface area (Å²) in [5.74, 6) is -1.13. The van der Waals surface area contributed by atoms with Crippen molar-refractivity contribution in [3.05, 3.63) is 90.3 Å². The minimum absolute atomic E-state index is 0.313. The highest BCUT2D eigenvalue weighted by molar-refractivity contribution is 6.06. The van der Waals surface area contributed by atoms with Gasteiger partial charge in [0.2, 0.25) is 0 Å². The molecule has 1 N–H and O–H groups in total. The van der Waals surface area contributed by atoms with Crippen LogP contribution in [0.5, 0.6) is 0 Å². The van der Waals surface area contributed by atoms with Gasteiger partial charge in [0.1, 0.15) is 0 Å². The van der Waals surface area contributed by atoms with E-state index >= 15 is 0 Å². The zero-order valence-corrected chi connectivity index (χ0v) is 17.1. The topological polar surface area (TPSA) is 105 Å². The Morgan fingerprint density at radius 3 is 2.59 bits per heavy atom. The maximum Gasteiger partial charge on any atom is 0.339 e. The molecule has 0 aliphatic rings. The van der Waals surface area contributed by atoms with Crippen LogP contribution >= 0.6 is 0 Å². The van der Waals surface area contributed by atoms with Crippen LogP contribution in [0.3, 0.4) is 0 Å². The van der Waals surface area contributed by atoms with Crippen LogP contribution in [0.25, 0.3) is 22.2 Å². The number of hydrogen-bond acceptors (Lipinski definition) is 6. The predicted molar refractivity (Wildman–Crippen MR) is 120 cm³/mol. The number of hydrogen-bond donors (Lipinski definition) is 1. The number of nitriles is 1. The highest BCUT2D eigenvalue weighted by atomic mass is 16.5. The van der Waals surface area contributed by atoms with Crippen LogP contribution in [-0.2, 0) is 9.53 Å². The van der Waals surface area contributed by atoms with Crippen LogP contribution in [0.2, 0.25) is 0 Å². The summed E-state index contributed by atoms with van der Waals surface area (Å²) in [5, 5.41) is 12.3. The van der Waals surface area contributed by atoms with E-state index < -0.39 is 18.0 Å². The summed E-state index contributed by atoms with van der Waals surface area (Å²) >= 11 is 0. The summed E-state index contributed by atoms with van der Waals surface area (Å²) < 4.78 is 5.47. The third kappa shape index (κ3) is 4.45. The SMILES string of the molecule is C[C@H](OC(=O)c1cc(-c2ccncc2)nc2ccccc12)C(=O)Nc1cccc(C#N)c1. The molecule has 0 fully saturated rings. The number of carbonyl (C=O) groups excluding carboxylic acids is 2. The van der Waals surface area contributed by atoms with Crippen LogP contribution in [0.1, 0.15) is 22.8 Å². The number of esters is 1. The second-order valence-corrected chi connectivity index (χ2v) is 7.04. The van der Waals surface area contributed by atoms with Gasteiger partial charge in [0, 0.05) is 29.0 Å². The minimum atomic E-state index is -1.05. The molecule has 0 aliphatic heterocycles. The number of carbonyl (C=O) groups is 2. The van der Waals surface area contributed by atoms with Crippen LogP contribution in [0, 0.1) is 11.3 Å². The Balaban J connectivity index is 1.59. The molecule has 0 radical (unpaired) electrons. The molecule has 0 bridgehead atoms. The van der Waals surface area contributed by atoms with Gasteiger partial charge in [-0.1, -0.05) is 24.3 Å². The van der Waals surface area contributed by atoms with E-state index in [4.69, 9.17) is 10.00 Å². The third-order valence-electron chi connectivity index (χ3n) is 4.82. The van der Waals surface area contributed by atoms with E-state index in [0.717, 1.165) is 5.56 Å². The smallest absolute Gasteiger partial charge is 0.339 e. The van der Waals surface area contributed by atoms with Gasteiger partial charge in [-0.05, 0) is 49.4 Å². The fourth-order valence-corrected chi connectivity index (χ4v) is 3.20. The van der Waals surface area contributed by atoms with Gasteiger partial charge in [-0.3, -0.25) is 9.78 Å². The summed E-state index contributed by atoms with van der Waals surface area (Å²) in [6.07, 6.45) is 2.25. The number of nitrogens with zero attached hydrogens (tertiary/aromatic N) is 3. The Morgan fingerprint density at radius 1 is 1.03 bits per heavy atom. The molecule has 4 aromatic rings. The summed E-state index contributed by atoms with van der Waals surface area (Å²) in [6, 6.07) is 21.0. The molecule has 156 valence electrons. The predicted octanol–water partition coefficient (Wildman–Crippen LogP) is 4.35. The molecular formula is C25H18N4O3. The number of aromatic nitrogens is 2. The molecule has 4 rings (SSSR count). The van der Waals surface area contributed by atoms with Gasteiger partial charge in [0.25, 0.3) is 5.91 Å². The maximum atomic E-state index is 13.0. The highest BCUT2D eigenvalue weighted by Gasteiger charge is 2.22. The lowest BCUT2D eigenvalue weighted by atomic mass is 10.0. The molecule has 2 aromatic heterocycles. The Labute approximate surface area is 184 Å². The van der Waals surface area contributed by atoms with Crippen molar-refractivity contribution in [2.75, 3.05) is 5.32 Å². The van der Waals surface area contributed by atoms with Crippen molar-refractivity contribution in [1.29, 1.82) is 5.26 Å². The Morgan fingerprint density at radius 2 is 1.81 bits per heavy atom. The average Bonchev–Trinajstić information content (AvgIpc) is 2.83. The first kappa shape index (κ1) is 20.7. The van der Waals surface area contributed by atoms with Crippen molar-refractivity contribution in [2.45, 2.75) is 13.0 Å². The zero-order valence-electron chi connectivity index (χ0n) is 17.1.